The average Bonchev–Trinajstić information content (AvgIpc) is 3.07. The van der Waals surface area contributed by atoms with Crippen molar-refractivity contribution in [1.29, 1.82) is 0 Å². The van der Waals surface area contributed by atoms with Crippen LogP contribution >= 0.6 is 39.7 Å². The Kier molecular flexibility index (Phi) is 8.24. The Morgan fingerprint density at radius 1 is 1.14 bits per heavy atom. The molecule has 0 aliphatic rings. The first-order valence-corrected chi connectivity index (χ1v) is 10.3. The fourth-order valence-corrected chi connectivity index (χ4v) is 3.90. The summed E-state index contributed by atoms with van der Waals surface area (Å²) < 4.78 is 7.65. The number of rotatable bonds is 7. The van der Waals surface area contributed by atoms with Crippen LogP contribution in [0.15, 0.2) is 46.9 Å². The summed E-state index contributed by atoms with van der Waals surface area (Å²) in [7, 11) is 3.99. The van der Waals surface area contributed by atoms with Gasteiger partial charge in [0, 0.05) is 23.1 Å². The standard InChI is InChI=1S/C20H22BrN3O2S.ClH/c1-4-26-16-6-5-7-17-18(16)22-20(27-17)24(13-12-23(2)3)19(25)14-8-10-15(21)11-9-14;/h5-11H,4,12-13H2,1-3H3;1H. The highest BCUT2D eigenvalue weighted by Crippen LogP contribution is 2.34. The number of carbonyl (C=O) groups excluding carboxylic acids is 1. The lowest BCUT2D eigenvalue weighted by atomic mass is 10.2. The van der Waals surface area contributed by atoms with Gasteiger partial charge in [-0.3, -0.25) is 9.69 Å². The zero-order chi connectivity index (χ0) is 19.4. The van der Waals surface area contributed by atoms with Gasteiger partial charge in [-0.05, 0) is 57.4 Å². The zero-order valence-corrected chi connectivity index (χ0v) is 19.2. The van der Waals surface area contributed by atoms with E-state index in [1.807, 2.05) is 63.5 Å². The van der Waals surface area contributed by atoms with Crippen molar-refractivity contribution in [3.63, 3.8) is 0 Å². The predicted octanol–water partition coefficient (Wildman–Crippen LogP) is 5.09. The maximum absolute atomic E-state index is 13.2. The second-order valence-corrected chi connectivity index (χ2v) is 8.22. The number of halogens is 2. The van der Waals surface area contributed by atoms with Crippen LogP contribution in [0, 0.1) is 0 Å². The summed E-state index contributed by atoms with van der Waals surface area (Å²) >= 11 is 4.93. The SMILES string of the molecule is CCOc1cccc2sc(N(CCN(C)C)C(=O)c3ccc(Br)cc3)nc12.Cl. The summed E-state index contributed by atoms with van der Waals surface area (Å²) in [6.07, 6.45) is 0. The molecule has 3 rings (SSSR count). The van der Waals surface area contributed by atoms with Crippen molar-refractivity contribution in [2.45, 2.75) is 6.92 Å². The molecule has 0 unspecified atom stereocenters. The summed E-state index contributed by atoms with van der Waals surface area (Å²) in [5, 5.41) is 0.687. The van der Waals surface area contributed by atoms with Gasteiger partial charge in [0.1, 0.15) is 11.3 Å². The normalized spacial score (nSPS) is 10.8. The quantitative estimate of drug-likeness (QED) is 0.469. The Bertz CT molecular complexity index is 931. The van der Waals surface area contributed by atoms with Gasteiger partial charge in [0.05, 0.1) is 11.3 Å². The molecule has 0 radical (unpaired) electrons. The van der Waals surface area contributed by atoms with E-state index in [0.717, 1.165) is 27.0 Å². The van der Waals surface area contributed by atoms with Gasteiger partial charge < -0.3 is 9.64 Å². The molecule has 3 aromatic rings. The van der Waals surface area contributed by atoms with E-state index in [9.17, 15) is 4.79 Å². The maximum atomic E-state index is 13.2. The van der Waals surface area contributed by atoms with Gasteiger partial charge in [0.15, 0.2) is 5.13 Å². The topological polar surface area (TPSA) is 45.7 Å². The van der Waals surface area contributed by atoms with E-state index < -0.39 is 0 Å². The molecule has 0 spiro atoms. The van der Waals surface area contributed by atoms with Crippen molar-refractivity contribution >= 4 is 60.9 Å². The minimum atomic E-state index is -0.0543. The molecule has 0 fully saturated rings. The lowest BCUT2D eigenvalue weighted by Gasteiger charge is -2.22. The van der Waals surface area contributed by atoms with Gasteiger partial charge >= 0.3 is 0 Å². The second-order valence-electron chi connectivity index (χ2n) is 6.30. The highest BCUT2D eigenvalue weighted by Gasteiger charge is 2.22. The number of aromatic nitrogens is 1. The number of hydrogen-bond donors (Lipinski definition) is 0. The predicted molar refractivity (Wildman–Crippen MR) is 122 cm³/mol. The van der Waals surface area contributed by atoms with E-state index in [0.29, 0.717) is 23.8 Å². The first-order valence-electron chi connectivity index (χ1n) is 8.74. The number of likely N-dealkylation sites (N-methyl/N-ethyl adjacent to an activating group) is 1. The number of carbonyl (C=O) groups is 1. The van der Waals surface area contributed by atoms with Gasteiger partial charge in [-0.1, -0.05) is 33.3 Å². The molecule has 5 nitrogen and oxygen atoms in total. The molecule has 8 heteroatoms. The molecule has 28 heavy (non-hydrogen) atoms. The van der Waals surface area contributed by atoms with Gasteiger partial charge in [0.2, 0.25) is 0 Å². The van der Waals surface area contributed by atoms with Crippen LogP contribution in [0.2, 0.25) is 0 Å². The summed E-state index contributed by atoms with van der Waals surface area (Å²) in [6.45, 7) is 3.84. The number of nitrogens with zero attached hydrogens (tertiary/aromatic N) is 3. The first-order chi connectivity index (χ1) is 13.0. The van der Waals surface area contributed by atoms with E-state index >= 15 is 0 Å². The van der Waals surface area contributed by atoms with Crippen LogP contribution in [0.4, 0.5) is 5.13 Å². The lowest BCUT2D eigenvalue weighted by Crippen LogP contribution is -2.36. The Morgan fingerprint density at radius 2 is 1.86 bits per heavy atom. The number of fused-ring (bicyclic) bond motifs is 1. The van der Waals surface area contributed by atoms with Crippen molar-refractivity contribution in [3.8, 4) is 5.75 Å². The summed E-state index contributed by atoms with van der Waals surface area (Å²) in [4.78, 5) is 21.7. The van der Waals surface area contributed by atoms with Gasteiger partial charge in [-0.2, -0.15) is 0 Å². The molecule has 0 N–H and O–H groups in total. The van der Waals surface area contributed by atoms with E-state index in [-0.39, 0.29) is 18.3 Å². The minimum absolute atomic E-state index is 0. The van der Waals surface area contributed by atoms with E-state index in [4.69, 9.17) is 9.72 Å². The number of anilines is 1. The third-order valence-corrected chi connectivity index (χ3v) is 5.58. The largest absolute Gasteiger partial charge is 0.492 e. The smallest absolute Gasteiger partial charge is 0.260 e. The fraction of sp³-hybridized carbons (Fsp3) is 0.300. The van der Waals surface area contributed by atoms with E-state index in [1.54, 1.807) is 4.90 Å². The summed E-state index contributed by atoms with van der Waals surface area (Å²) in [6, 6.07) is 13.3. The molecule has 0 bridgehead atoms. The number of benzene rings is 2. The van der Waals surface area contributed by atoms with E-state index in [1.165, 1.54) is 11.3 Å². The molecular formula is C20H23BrClN3O2S. The number of ether oxygens (including phenoxy) is 1. The molecule has 2 aromatic carbocycles. The number of hydrogen-bond acceptors (Lipinski definition) is 5. The highest BCUT2D eigenvalue weighted by atomic mass is 79.9. The Morgan fingerprint density at radius 3 is 2.50 bits per heavy atom. The molecule has 150 valence electrons. The van der Waals surface area contributed by atoms with Crippen LogP contribution in [0.1, 0.15) is 17.3 Å². The third-order valence-electron chi connectivity index (χ3n) is 4.01. The molecule has 1 heterocycles. The Hall–Kier alpha value is -1.67. The van der Waals surface area contributed by atoms with Crippen LogP contribution in [0.5, 0.6) is 5.75 Å². The first kappa shape index (κ1) is 22.6. The van der Waals surface area contributed by atoms with Crippen molar-refractivity contribution in [3.05, 3.63) is 52.5 Å². The van der Waals surface area contributed by atoms with Crippen LogP contribution < -0.4 is 9.64 Å². The van der Waals surface area contributed by atoms with Crippen molar-refractivity contribution in [2.24, 2.45) is 0 Å². The molecule has 0 aliphatic heterocycles. The van der Waals surface area contributed by atoms with Crippen LogP contribution in [0.3, 0.4) is 0 Å². The van der Waals surface area contributed by atoms with Crippen LogP contribution in [-0.2, 0) is 0 Å². The summed E-state index contributed by atoms with van der Waals surface area (Å²) in [5.74, 6) is 0.697. The summed E-state index contributed by atoms with van der Waals surface area (Å²) in [5.41, 5.74) is 1.44. The molecule has 1 aromatic heterocycles. The monoisotopic (exact) mass is 483 g/mol. The van der Waals surface area contributed by atoms with Crippen LogP contribution in [0.25, 0.3) is 10.2 Å². The number of para-hydroxylation sites is 1. The van der Waals surface area contributed by atoms with Gasteiger partial charge in [0.25, 0.3) is 5.91 Å². The average molecular weight is 485 g/mol. The Balaban J connectivity index is 0.00000280. The molecule has 0 aliphatic carbocycles. The maximum Gasteiger partial charge on any atom is 0.260 e. The molecule has 0 saturated carbocycles. The third kappa shape index (κ3) is 5.23. The number of amides is 1. The van der Waals surface area contributed by atoms with Crippen LogP contribution in [-0.4, -0.2) is 49.6 Å². The Labute approximate surface area is 183 Å². The zero-order valence-electron chi connectivity index (χ0n) is 16.0. The van der Waals surface area contributed by atoms with Crippen molar-refractivity contribution in [2.75, 3.05) is 38.7 Å². The molecule has 1 amide bonds. The molecular weight excluding hydrogens is 462 g/mol. The van der Waals surface area contributed by atoms with Crippen molar-refractivity contribution < 1.29 is 9.53 Å². The molecule has 0 saturated heterocycles. The lowest BCUT2D eigenvalue weighted by molar-refractivity contribution is 0.0985. The highest BCUT2D eigenvalue weighted by molar-refractivity contribution is 9.10. The second kappa shape index (κ2) is 10.2. The van der Waals surface area contributed by atoms with E-state index in [2.05, 4.69) is 20.8 Å². The fourth-order valence-electron chi connectivity index (χ4n) is 2.63. The van der Waals surface area contributed by atoms with Gasteiger partial charge in [-0.15, -0.1) is 12.4 Å². The van der Waals surface area contributed by atoms with Gasteiger partial charge in [-0.25, -0.2) is 4.98 Å². The minimum Gasteiger partial charge on any atom is -0.492 e. The van der Waals surface area contributed by atoms with Crippen molar-refractivity contribution in [1.82, 2.24) is 9.88 Å². The number of thiazole rings is 1. The molecule has 0 atom stereocenters.